The second-order valence-electron chi connectivity index (χ2n) is 6.83. The van der Waals surface area contributed by atoms with Gasteiger partial charge >= 0.3 is 5.69 Å². The SMILES string of the molecule is O=[N+]([O-])c1ccccc1OC[C@H](O)CN(Cc1ccccc1)Cc1ccccc1. The maximum absolute atomic E-state index is 11.1. The van der Waals surface area contributed by atoms with Gasteiger partial charge in [0.1, 0.15) is 12.7 Å². The summed E-state index contributed by atoms with van der Waals surface area (Å²) in [5.74, 6) is 0.161. The molecule has 0 aliphatic rings. The summed E-state index contributed by atoms with van der Waals surface area (Å²) >= 11 is 0. The number of nitrogens with zero attached hydrogens (tertiary/aromatic N) is 2. The van der Waals surface area contributed by atoms with Crippen molar-refractivity contribution in [3.05, 3.63) is 106 Å². The number of para-hydroxylation sites is 2. The predicted octanol–water partition coefficient (Wildman–Crippen LogP) is 4.04. The molecule has 0 saturated heterocycles. The van der Waals surface area contributed by atoms with Gasteiger partial charge in [-0.05, 0) is 17.2 Å². The van der Waals surface area contributed by atoms with Gasteiger partial charge in [0.25, 0.3) is 0 Å². The van der Waals surface area contributed by atoms with Gasteiger partial charge in [-0.1, -0.05) is 72.8 Å². The van der Waals surface area contributed by atoms with E-state index >= 15 is 0 Å². The van der Waals surface area contributed by atoms with Crippen LogP contribution in [0.25, 0.3) is 0 Å². The van der Waals surface area contributed by atoms with Gasteiger partial charge in [-0.3, -0.25) is 15.0 Å². The molecule has 0 heterocycles. The minimum absolute atomic E-state index is 0.0229. The standard InChI is InChI=1S/C23H24N2O4/c26-21(18-29-23-14-8-7-13-22(23)25(27)28)17-24(15-19-9-3-1-4-10-19)16-20-11-5-2-6-12-20/h1-14,21,26H,15-18H2/t21-/m1/s1. The highest BCUT2D eigenvalue weighted by Crippen LogP contribution is 2.25. The van der Waals surface area contributed by atoms with Crippen LogP contribution in [0.5, 0.6) is 5.75 Å². The molecule has 3 aromatic carbocycles. The number of hydrogen-bond donors (Lipinski definition) is 1. The summed E-state index contributed by atoms with van der Waals surface area (Å²) in [6.07, 6.45) is -0.790. The Kier molecular flexibility index (Phi) is 7.33. The molecule has 1 N–H and O–H groups in total. The van der Waals surface area contributed by atoms with Crippen molar-refractivity contribution in [2.45, 2.75) is 19.2 Å². The van der Waals surface area contributed by atoms with Crippen molar-refractivity contribution in [3.8, 4) is 5.75 Å². The number of nitro groups is 1. The number of rotatable bonds is 10. The molecule has 0 amide bonds. The third kappa shape index (κ3) is 6.41. The van der Waals surface area contributed by atoms with E-state index in [0.29, 0.717) is 19.6 Å². The minimum atomic E-state index is -0.790. The van der Waals surface area contributed by atoms with Gasteiger partial charge in [-0.15, -0.1) is 0 Å². The van der Waals surface area contributed by atoms with E-state index in [2.05, 4.69) is 4.90 Å². The van der Waals surface area contributed by atoms with Crippen LogP contribution in [0.4, 0.5) is 5.69 Å². The Hall–Kier alpha value is -3.22. The van der Waals surface area contributed by atoms with E-state index in [1.165, 1.54) is 12.1 Å². The van der Waals surface area contributed by atoms with E-state index < -0.39 is 11.0 Å². The average molecular weight is 392 g/mol. The fourth-order valence-corrected chi connectivity index (χ4v) is 3.14. The first-order valence-electron chi connectivity index (χ1n) is 9.46. The summed E-state index contributed by atoms with van der Waals surface area (Å²) in [5.41, 5.74) is 2.19. The van der Waals surface area contributed by atoms with Gasteiger partial charge in [0, 0.05) is 25.7 Å². The summed E-state index contributed by atoms with van der Waals surface area (Å²) in [6, 6.07) is 26.3. The van der Waals surface area contributed by atoms with Gasteiger partial charge < -0.3 is 9.84 Å². The molecule has 0 aromatic heterocycles. The van der Waals surface area contributed by atoms with Gasteiger partial charge in [0.15, 0.2) is 5.75 Å². The molecular weight excluding hydrogens is 368 g/mol. The topological polar surface area (TPSA) is 75.8 Å². The molecular formula is C23H24N2O4. The van der Waals surface area contributed by atoms with E-state index in [4.69, 9.17) is 4.74 Å². The largest absolute Gasteiger partial charge is 0.484 e. The lowest BCUT2D eigenvalue weighted by Gasteiger charge is -2.25. The molecule has 0 aliphatic carbocycles. The summed E-state index contributed by atoms with van der Waals surface area (Å²) < 4.78 is 5.54. The van der Waals surface area contributed by atoms with Crippen molar-refractivity contribution in [3.63, 3.8) is 0 Å². The Balaban J connectivity index is 1.64. The Morgan fingerprint density at radius 1 is 0.862 bits per heavy atom. The Bertz CT molecular complexity index is 862. The van der Waals surface area contributed by atoms with Crippen LogP contribution in [-0.2, 0) is 13.1 Å². The molecule has 6 nitrogen and oxygen atoms in total. The van der Waals surface area contributed by atoms with Crippen molar-refractivity contribution in [1.29, 1.82) is 0 Å². The highest BCUT2D eigenvalue weighted by molar-refractivity contribution is 5.45. The number of aliphatic hydroxyl groups excluding tert-OH is 1. The Morgan fingerprint density at radius 3 is 1.93 bits per heavy atom. The maximum atomic E-state index is 11.1. The number of hydrogen-bond acceptors (Lipinski definition) is 5. The van der Waals surface area contributed by atoms with Gasteiger partial charge in [0.05, 0.1) is 4.92 Å². The summed E-state index contributed by atoms with van der Waals surface area (Å²) in [6.45, 7) is 1.71. The molecule has 0 bridgehead atoms. The summed E-state index contributed by atoms with van der Waals surface area (Å²) in [5, 5.41) is 21.6. The molecule has 0 fully saturated rings. The average Bonchev–Trinajstić information content (AvgIpc) is 2.74. The first-order chi connectivity index (χ1) is 14.1. The van der Waals surface area contributed by atoms with Gasteiger partial charge in [-0.25, -0.2) is 0 Å². The predicted molar refractivity (Wildman–Crippen MR) is 112 cm³/mol. The molecule has 0 radical (unpaired) electrons. The van der Waals surface area contributed by atoms with Crippen LogP contribution in [0, 0.1) is 10.1 Å². The fraction of sp³-hybridized carbons (Fsp3) is 0.217. The number of nitro benzene ring substituents is 1. The lowest BCUT2D eigenvalue weighted by molar-refractivity contribution is -0.385. The summed E-state index contributed by atoms with van der Waals surface area (Å²) in [4.78, 5) is 12.8. The number of ether oxygens (including phenoxy) is 1. The highest BCUT2D eigenvalue weighted by atomic mass is 16.6. The van der Waals surface area contributed by atoms with E-state index in [1.54, 1.807) is 12.1 Å². The highest BCUT2D eigenvalue weighted by Gasteiger charge is 2.17. The molecule has 150 valence electrons. The van der Waals surface area contributed by atoms with Crippen LogP contribution in [0.3, 0.4) is 0 Å². The fourth-order valence-electron chi connectivity index (χ4n) is 3.14. The first kappa shape index (κ1) is 20.5. The van der Waals surface area contributed by atoms with Crippen molar-refractivity contribution < 1.29 is 14.8 Å². The van der Waals surface area contributed by atoms with E-state index in [9.17, 15) is 15.2 Å². The molecule has 0 unspecified atom stereocenters. The van der Waals surface area contributed by atoms with Crippen LogP contribution in [0.15, 0.2) is 84.9 Å². The lowest BCUT2D eigenvalue weighted by atomic mass is 10.1. The van der Waals surface area contributed by atoms with Crippen LogP contribution in [-0.4, -0.2) is 34.2 Å². The van der Waals surface area contributed by atoms with Crippen molar-refractivity contribution in [1.82, 2.24) is 4.90 Å². The van der Waals surface area contributed by atoms with E-state index in [0.717, 1.165) is 11.1 Å². The van der Waals surface area contributed by atoms with Gasteiger partial charge in [-0.2, -0.15) is 0 Å². The Labute approximate surface area is 170 Å². The van der Waals surface area contributed by atoms with Crippen molar-refractivity contribution in [2.24, 2.45) is 0 Å². The maximum Gasteiger partial charge on any atom is 0.310 e. The minimum Gasteiger partial charge on any atom is -0.484 e. The smallest absolute Gasteiger partial charge is 0.310 e. The number of benzene rings is 3. The zero-order chi connectivity index (χ0) is 20.5. The zero-order valence-electron chi connectivity index (χ0n) is 16.1. The van der Waals surface area contributed by atoms with Gasteiger partial charge in [0.2, 0.25) is 0 Å². The van der Waals surface area contributed by atoms with Crippen LogP contribution < -0.4 is 4.74 Å². The van der Waals surface area contributed by atoms with Crippen molar-refractivity contribution >= 4 is 5.69 Å². The molecule has 0 spiro atoms. The number of aliphatic hydroxyl groups is 1. The molecule has 3 rings (SSSR count). The normalized spacial score (nSPS) is 11.9. The lowest BCUT2D eigenvalue weighted by Crippen LogP contribution is -2.35. The molecule has 0 aliphatic heterocycles. The second kappa shape index (κ2) is 10.4. The molecule has 29 heavy (non-hydrogen) atoms. The third-order valence-corrected chi connectivity index (χ3v) is 4.46. The summed E-state index contributed by atoms with van der Waals surface area (Å²) in [7, 11) is 0. The molecule has 3 aromatic rings. The van der Waals surface area contributed by atoms with Crippen LogP contribution >= 0.6 is 0 Å². The monoisotopic (exact) mass is 392 g/mol. The molecule has 6 heteroatoms. The van der Waals surface area contributed by atoms with Crippen LogP contribution in [0.2, 0.25) is 0 Å². The van der Waals surface area contributed by atoms with E-state index in [1.807, 2.05) is 60.7 Å². The zero-order valence-corrected chi connectivity index (χ0v) is 16.1. The quantitative estimate of drug-likeness (QED) is 0.416. The Morgan fingerprint density at radius 2 is 1.38 bits per heavy atom. The molecule has 1 atom stereocenters. The molecule has 0 saturated carbocycles. The van der Waals surface area contributed by atoms with Crippen LogP contribution in [0.1, 0.15) is 11.1 Å². The van der Waals surface area contributed by atoms with E-state index in [-0.39, 0.29) is 18.0 Å². The second-order valence-corrected chi connectivity index (χ2v) is 6.83. The third-order valence-electron chi connectivity index (χ3n) is 4.46. The van der Waals surface area contributed by atoms with Crippen molar-refractivity contribution in [2.75, 3.05) is 13.2 Å². The first-order valence-corrected chi connectivity index (χ1v) is 9.46.